The SMILES string of the molecule is CCOc1ccc(NC(=O)c2nnn(-c3ccc(OC)c(OC)c3)c2N)cc1. The Kier molecular flexibility index (Phi) is 5.64. The molecular formula is C19H21N5O4. The Bertz CT molecular complexity index is 969. The number of hydrogen-bond donors (Lipinski definition) is 2. The molecule has 0 aliphatic carbocycles. The summed E-state index contributed by atoms with van der Waals surface area (Å²) in [5, 5.41) is 10.6. The van der Waals surface area contributed by atoms with Crippen molar-refractivity contribution in [2.75, 3.05) is 31.9 Å². The quantitative estimate of drug-likeness (QED) is 0.644. The van der Waals surface area contributed by atoms with Gasteiger partial charge in [-0.2, -0.15) is 4.68 Å². The highest BCUT2D eigenvalue weighted by molar-refractivity contribution is 6.05. The minimum atomic E-state index is -0.464. The average molecular weight is 383 g/mol. The first-order valence-electron chi connectivity index (χ1n) is 8.55. The molecule has 1 heterocycles. The lowest BCUT2D eigenvalue weighted by molar-refractivity contribution is 0.102. The van der Waals surface area contributed by atoms with E-state index in [1.165, 1.54) is 11.8 Å². The van der Waals surface area contributed by atoms with Crippen molar-refractivity contribution in [3.8, 4) is 22.9 Å². The summed E-state index contributed by atoms with van der Waals surface area (Å²) in [6, 6.07) is 12.1. The molecule has 0 radical (unpaired) electrons. The Morgan fingerprint density at radius 2 is 1.82 bits per heavy atom. The third-order valence-electron chi connectivity index (χ3n) is 3.95. The molecule has 0 unspecified atom stereocenters. The molecular weight excluding hydrogens is 362 g/mol. The van der Waals surface area contributed by atoms with Crippen LogP contribution >= 0.6 is 0 Å². The molecule has 9 nitrogen and oxygen atoms in total. The first-order chi connectivity index (χ1) is 13.6. The van der Waals surface area contributed by atoms with E-state index in [1.54, 1.807) is 49.6 Å². The number of ether oxygens (including phenoxy) is 3. The summed E-state index contributed by atoms with van der Waals surface area (Å²) in [5.74, 6) is 1.44. The molecule has 3 rings (SSSR count). The van der Waals surface area contributed by atoms with Gasteiger partial charge in [0, 0.05) is 11.8 Å². The predicted octanol–water partition coefficient (Wildman–Crippen LogP) is 2.52. The summed E-state index contributed by atoms with van der Waals surface area (Å²) in [7, 11) is 3.08. The van der Waals surface area contributed by atoms with E-state index in [0.29, 0.717) is 29.5 Å². The third kappa shape index (κ3) is 3.83. The van der Waals surface area contributed by atoms with Gasteiger partial charge in [-0.3, -0.25) is 4.79 Å². The number of nitrogens with two attached hydrogens (primary N) is 1. The minimum Gasteiger partial charge on any atom is -0.494 e. The number of nitrogens with zero attached hydrogens (tertiary/aromatic N) is 3. The summed E-state index contributed by atoms with van der Waals surface area (Å²) < 4.78 is 17.2. The maximum Gasteiger partial charge on any atom is 0.280 e. The van der Waals surface area contributed by atoms with Crippen LogP contribution in [0.25, 0.3) is 5.69 Å². The predicted molar refractivity (Wildman–Crippen MR) is 104 cm³/mol. The number of nitrogen functional groups attached to an aromatic ring is 1. The van der Waals surface area contributed by atoms with E-state index in [-0.39, 0.29) is 11.5 Å². The monoisotopic (exact) mass is 383 g/mol. The molecule has 0 fully saturated rings. The molecule has 28 heavy (non-hydrogen) atoms. The van der Waals surface area contributed by atoms with Crippen molar-refractivity contribution in [3.05, 3.63) is 48.2 Å². The molecule has 1 amide bonds. The highest BCUT2D eigenvalue weighted by Crippen LogP contribution is 2.30. The fraction of sp³-hybridized carbons (Fsp3) is 0.211. The molecule has 0 aliphatic heterocycles. The number of aromatic nitrogens is 3. The van der Waals surface area contributed by atoms with Gasteiger partial charge in [-0.25, -0.2) is 0 Å². The Morgan fingerprint density at radius 1 is 1.11 bits per heavy atom. The number of rotatable bonds is 7. The number of carbonyl (C=O) groups excluding carboxylic acids is 1. The average Bonchev–Trinajstić information content (AvgIpc) is 3.10. The minimum absolute atomic E-state index is 0.0173. The van der Waals surface area contributed by atoms with E-state index in [1.807, 2.05) is 6.92 Å². The number of methoxy groups -OCH3 is 2. The van der Waals surface area contributed by atoms with E-state index < -0.39 is 5.91 Å². The summed E-state index contributed by atoms with van der Waals surface area (Å²) in [6.07, 6.45) is 0. The molecule has 0 spiro atoms. The summed E-state index contributed by atoms with van der Waals surface area (Å²) in [5.41, 5.74) is 7.30. The van der Waals surface area contributed by atoms with Crippen LogP contribution in [0.1, 0.15) is 17.4 Å². The zero-order valence-electron chi connectivity index (χ0n) is 15.8. The smallest absolute Gasteiger partial charge is 0.280 e. The zero-order valence-corrected chi connectivity index (χ0v) is 15.8. The summed E-state index contributed by atoms with van der Waals surface area (Å²) >= 11 is 0. The van der Waals surface area contributed by atoms with Gasteiger partial charge >= 0.3 is 0 Å². The second-order valence-corrected chi connectivity index (χ2v) is 5.69. The molecule has 1 aromatic heterocycles. The summed E-state index contributed by atoms with van der Waals surface area (Å²) in [6.45, 7) is 2.47. The normalized spacial score (nSPS) is 10.4. The number of carbonyl (C=O) groups is 1. The standard InChI is InChI=1S/C19H21N5O4/c1-4-28-14-8-5-12(6-9-14)21-19(25)17-18(20)24(23-22-17)13-7-10-15(26-2)16(11-13)27-3/h5-11H,4,20H2,1-3H3,(H,21,25). The maximum absolute atomic E-state index is 12.5. The summed E-state index contributed by atoms with van der Waals surface area (Å²) in [4.78, 5) is 12.5. The number of hydrogen-bond acceptors (Lipinski definition) is 7. The van der Waals surface area contributed by atoms with Crippen LogP contribution in [0.2, 0.25) is 0 Å². The van der Waals surface area contributed by atoms with Crippen LogP contribution in [0.4, 0.5) is 11.5 Å². The van der Waals surface area contributed by atoms with Gasteiger partial charge < -0.3 is 25.3 Å². The molecule has 3 N–H and O–H groups in total. The van der Waals surface area contributed by atoms with Gasteiger partial charge in [0.15, 0.2) is 23.0 Å². The second kappa shape index (κ2) is 8.30. The number of anilines is 2. The van der Waals surface area contributed by atoms with E-state index in [9.17, 15) is 4.79 Å². The van der Waals surface area contributed by atoms with Crippen molar-refractivity contribution in [1.82, 2.24) is 15.0 Å². The zero-order chi connectivity index (χ0) is 20.1. The van der Waals surface area contributed by atoms with Crippen LogP contribution in [0, 0.1) is 0 Å². The Morgan fingerprint density at radius 3 is 2.46 bits per heavy atom. The fourth-order valence-electron chi connectivity index (χ4n) is 2.59. The first-order valence-corrected chi connectivity index (χ1v) is 8.55. The topological polar surface area (TPSA) is 114 Å². The molecule has 146 valence electrons. The van der Waals surface area contributed by atoms with Crippen molar-refractivity contribution in [2.24, 2.45) is 0 Å². The van der Waals surface area contributed by atoms with Crippen molar-refractivity contribution < 1.29 is 19.0 Å². The molecule has 2 aromatic carbocycles. The molecule has 0 aliphatic rings. The first kappa shape index (κ1) is 19.0. The van der Waals surface area contributed by atoms with E-state index in [0.717, 1.165) is 5.75 Å². The third-order valence-corrected chi connectivity index (χ3v) is 3.95. The fourth-order valence-corrected chi connectivity index (χ4v) is 2.59. The van der Waals surface area contributed by atoms with Gasteiger partial charge in [-0.05, 0) is 43.3 Å². The van der Waals surface area contributed by atoms with Crippen molar-refractivity contribution in [1.29, 1.82) is 0 Å². The van der Waals surface area contributed by atoms with Crippen LogP contribution in [0.5, 0.6) is 17.2 Å². The van der Waals surface area contributed by atoms with Crippen LogP contribution < -0.4 is 25.3 Å². The largest absolute Gasteiger partial charge is 0.494 e. The second-order valence-electron chi connectivity index (χ2n) is 5.69. The van der Waals surface area contributed by atoms with E-state index in [4.69, 9.17) is 19.9 Å². The van der Waals surface area contributed by atoms with Gasteiger partial charge in [0.25, 0.3) is 5.91 Å². The van der Waals surface area contributed by atoms with Crippen LogP contribution in [-0.2, 0) is 0 Å². The van der Waals surface area contributed by atoms with Crippen LogP contribution in [0.3, 0.4) is 0 Å². The molecule has 0 atom stereocenters. The van der Waals surface area contributed by atoms with Gasteiger partial charge in [-0.15, -0.1) is 5.10 Å². The molecule has 3 aromatic rings. The number of amides is 1. The van der Waals surface area contributed by atoms with Gasteiger partial charge in [0.1, 0.15) is 5.75 Å². The highest BCUT2D eigenvalue weighted by Gasteiger charge is 2.19. The van der Waals surface area contributed by atoms with Crippen molar-refractivity contribution >= 4 is 17.4 Å². The van der Waals surface area contributed by atoms with Gasteiger partial charge in [0.2, 0.25) is 0 Å². The number of benzene rings is 2. The molecule has 9 heteroatoms. The Balaban J connectivity index is 1.81. The number of nitrogens with one attached hydrogen (secondary N) is 1. The highest BCUT2D eigenvalue weighted by atomic mass is 16.5. The van der Waals surface area contributed by atoms with Crippen LogP contribution in [-0.4, -0.2) is 41.7 Å². The lowest BCUT2D eigenvalue weighted by Gasteiger charge is -2.10. The molecule has 0 saturated carbocycles. The molecule has 0 saturated heterocycles. The van der Waals surface area contributed by atoms with Gasteiger partial charge in [-0.1, -0.05) is 5.21 Å². The Hall–Kier alpha value is -3.75. The lowest BCUT2D eigenvalue weighted by atomic mass is 10.2. The van der Waals surface area contributed by atoms with E-state index >= 15 is 0 Å². The Labute approximate surface area is 162 Å². The van der Waals surface area contributed by atoms with E-state index in [2.05, 4.69) is 15.6 Å². The van der Waals surface area contributed by atoms with Crippen molar-refractivity contribution in [2.45, 2.75) is 6.92 Å². The maximum atomic E-state index is 12.5. The molecule has 0 bridgehead atoms. The van der Waals surface area contributed by atoms with Gasteiger partial charge in [0.05, 0.1) is 26.5 Å². The van der Waals surface area contributed by atoms with Crippen LogP contribution in [0.15, 0.2) is 42.5 Å². The van der Waals surface area contributed by atoms with Crippen molar-refractivity contribution in [3.63, 3.8) is 0 Å². The lowest BCUT2D eigenvalue weighted by Crippen LogP contribution is -2.15.